The summed E-state index contributed by atoms with van der Waals surface area (Å²) in [7, 11) is 0. The summed E-state index contributed by atoms with van der Waals surface area (Å²) in [6.07, 6.45) is 1.72. The van der Waals surface area contributed by atoms with Crippen molar-refractivity contribution in [2.45, 2.75) is 12.8 Å². The predicted molar refractivity (Wildman–Crippen MR) is 66.6 cm³/mol. The van der Waals surface area contributed by atoms with Crippen LogP contribution in [0, 0.1) is 0 Å². The van der Waals surface area contributed by atoms with Crippen molar-refractivity contribution in [2.24, 2.45) is 0 Å². The molecule has 21 heavy (non-hydrogen) atoms. The first-order chi connectivity index (χ1) is 10.1. The van der Waals surface area contributed by atoms with E-state index in [0.29, 0.717) is 5.76 Å². The summed E-state index contributed by atoms with van der Waals surface area (Å²) in [5.74, 6) is -0.835. The molecule has 9 nitrogen and oxygen atoms in total. The van der Waals surface area contributed by atoms with Gasteiger partial charge in [0.1, 0.15) is 6.54 Å². The Labute approximate surface area is 117 Å². The standard InChI is InChI=1S/C12H10N4O5/c17-8(6-16-9(18)3-4-10(16)19)13-12-15-14-11(21-12)7-2-1-5-20-7/h1-2,5H,3-4,6H2,(H,13,15,17). The van der Waals surface area contributed by atoms with Crippen LogP contribution in [0.2, 0.25) is 0 Å². The van der Waals surface area contributed by atoms with Crippen LogP contribution in [0.4, 0.5) is 6.01 Å². The maximum Gasteiger partial charge on any atom is 0.322 e. The molecule has 1 fully saturated rings. The van der Waals surface area contributed by atoms with Gasteiger partial charge in [0.05, 0.1) is 6.26 Å². The number of aromatic nitrogens is 2. The fourth-order valence-corrected chi connectivity index (χ4v) is 1.88. The molecule has 3 heterocycles. The van der Waals surface area contributed by atoms with Crippen molar-refractivity contribution in [3.63, 3.8) is 0 Å². The molecular weight excluding hydrogens is 280 g/mol. The van der Waals surface area contributed by atoms with Crippen molar-refractivity contribution < 1.29 is 23.2 Å². The second-order valence-electron chi connectivity index (χ2n) is 4.31. The Balaban J connectivity index is 1.63. The first-order valence-electron chi connectivity index (χ1n) is 6.14. The summed E-state index contributed by atoms with van der Waals surface area (Å²) in [5.41, 5.74) is 0. The molecule has 3 rings (SSSR count). The van der Waals surface area contributed by atoms with Gasteiger partial charge in [-0.2, -0.15) is 0 Å². The number of carbonyl (C=O) groups excluding carboxylic acids is 3. The molecule has 0 atom stereocenters. The zero-order chi connectivity index (χ0) is 14.8. The lowest BCUT2D eigenvalue weighted by Gasteiger charge is -2.11. The number of rotatable bonds is 4. The van der Waals surface area contributed by atoms with Gasteiger partial charge >= 0.3 is 6.01 Å². The summed E-state index contributed by atoms with van der Waals surface area (Å²) in [6.45, 7) is -0.365. The van der Waals surface area contributed by atoms with Crippen molar-refractivity contribution in [1.29, 1.82) is 0 Å². The van der Waals surface area contributed by atoms with E-state index in [1.165, 1.54) is 6.26 Å². The number of hydrogen-bond donors (Lipinski definition) is 1. The number of imide groups is 1. The third kappa shape index (κ3) is 2.66. The smallest absolute Gasteiger partial charge is 0.322 e. The van der Waals surface area contributed by atoms with Gasteiger partial charge in [0.15, 0.2) is 5.76 Å². The molecule has 0 spiro atoms. The average molecular weight is 290 g/mol. The normalized spacial score (nSPS) is 14.8. The molecule has 2 aromatic heterocycles. The van der Waals surface area contributed by atoms with Crippen LogP contribution in [0.1, 0.15) is 12.8 Å². The number of likely N-dealkylation sites (tertiary alicyclic amines) is 1. The predicted octanol–water partition coefficient (Wildman–Crippen LogP) is 0.417. The maximum atomic E-state index is 11.7. The molecule has 1 aliphatic rings. The monoisotopic (exact) mass is 290 g/mol. The third-order valence-corrected chi connectivity index (χ3v) is 2.86. The highest BCUT2D eigenvalue weighted by molar-refractivity contribution is 6.05. The zero-order valence-electron chi connectivity index (χ0n) is 10.7. The Hall–Kier alpha value is -2.97. The molecular formula is C12H10N4O5. The molecule has 0 saturated carbocycles. The first-order valence-corrected chi connectivity index (χ1v) is 6.14. The van der Waals surface area contributed by atoms with E-state index in [0.717, 1.165) is 4.90 Å². The van der Waals surface area contributed by atoms with Gasteiger partial charge in [-0.15, -0.1) is 5.10 Å². The summed E-state index contributed by atoms with van der Waals surface area (Å²) in [5, 5.41) is 9.65. The number of nitrogens with one attached hydrogen (secondary N) is 1. The molecule has 0 unspecified atom stereocenters. The lowest BCUT2D eigenvalue weighted by molar-refractivity contribution is -0.141. The average Bonchev–Trinajstić information content (AvgIpc) is 3.16. The van der Waals surface area contributed by atoms with Gasteiger partial charge in [-0.1, -0.05) is 5.10 Å². The molecule has 0 aliphatic carbocycles. The number of hydrogen-bond acceptors (Lipinski definition) is 7. The van der Waals surface area contributed by atoms with Crippen molar-refractivity contribution >= 4 is 23.7 Å². The Kier molecular flexibility index (Phi) is 3.22. The van der Waals surface area contributed by atoms with E-state index >= 15 is 0 Å². The molecule has 0 bridgehead atoms. The van der Waals surface area contributed by atoms with Crippen molar-refractivity contribution in [3.8, 4) is 11.7 Å². The van der Waals surface area contributed by atoms with Gasteiger partial charge in [-0.05, 0) is 12.1 Å². The summed E-state index contributed by atoms with van der Waals surface area (Å²) in [6, 6.07) is 3.15. The lowest BCUT2D eigenvalue weighted by Crippen LogP contribution is -2.36. The fourth-order valence-electron chi connectivity index (χ4n) is 1.88. The van der Waals surface area contributed by atoms with Crippen LogP contribution in [-0.2, 0) is 14.4 Å². The van der Waals surface area contributed by atoms with E-state index in [1.54, 1.807) is 12.1 Å². The van der Waals surface area contributed by atoms with Crippen LogP contribution in [0.15, 0.2) is 27.2 Å². The second kappa shape index (κ2) is 5.19. The number of furan rings is 1. The van der Waals surface area contributed by atoms with E-state index in [9.17, 15) is 14.4 Å². The van der Waals surface area contributed by atoms with Crippen molar-refractivity contribution in [1.82, 2.24) is 15.1 Å². The van der Waals surface area contributed by atoms with E-state index in [-0.39, 0.29) is 43.1 Å². The summed E-state index contributed by atoms with van der Waals surface area (Å²) >= 11 is 0. The van der Waals surface area contributed by atoms with Crippen LogP contribution in [0.25, 0.3) is 11.7 Å². The van der Waals surface area contributed by atoms with E-state index in [1.807, 2.05) is 0 Å². The van der Waals surface area contributed by atoms with E-state index in [4.69, 9.17) is 8.83 Å². The minimum Gasteiger partial charge on any atom is -0.459 e. The minimum atomic E-state index is -0.590. The topological polar surface area (TPSA) is 119 Å². The van der Waals surface area contributed by atoms with Crippen molar-refractivity contribution in [2.75, 3.05) is 11.9 Å². The van der Waals surface area contributed by atoms with Crippen LogP contribution in [0.5, 0.6) is 0 Å². The van der Waals surface area contributed by atoms with Crippen LogP contribution < -0.4 is 5.32 Å². The minimum absolute atomic E-state index is 0.114. The quantitative estimate of drug-likeness (QED) is 0.810. The van der Waals surface area contributed by atoms with Gasteiger partial charge in [0.25, 0.3) is 5.89 Å². The Morgan fingerprint density at radius 3 is 2.71 bits per heavy atom. The Bertz CT molecular complexity index is 674. The highest BCUT2D eigenvalue weighted by atomic mass is 16.4. The third-order valence-electron chi connectivity index (χ3n) is 2.86. The SMILES string of the molecule is O=C(CN1C(=O)CCC1=O)Nc1nnc(-c2ccco2)o1. The molecule has 9 heteroatoms. The fraction of sp³-hybridized carbons (Fsp3) is 0.250. The number of nitrogens with zero attached hydrogens (tertiary/aromatic N) is 3. The summed E-state index contributed by atoms with van der Waals surface area (Å²) in [4.78, 5) is 35.4. The highest BCUT2D eigenvalue weighted by Gasteiger charge is 2.30. The molecule has 1 saturated heterocycles. The van der Waals surface area contributed by atoms with Crippen LogP contribution >= 0.6 is 0 Å². The summed E-state index contributed by atoms with van der Waals surface area (Å²) < 4.78 is 10.2. The van der Waals surface area contributed by atoms with Gasteiger partial charge in [-0.3, -0.25) is 24.6 Å². The molecule has 2 aromatic rings. The highest BCUT2D eigenvalue weighted by Crippen LogP contribution is 2.20. The molecule has 108 valence electrons. The molecule has 0 radical (unpaired) electrons. The number of anilines is 1. The number of amides is 3. The molecule has 3 amide bonds. The largest absolute Gasteiger partial charge is 0.459 e. The lowest BCUT2D eigenvalue weighted by atomic mass is 10.4. The maximum absolute atomic E-state index is 11.7. The van der Waals surface area contributed by atoms with Crippen LogP contribution in [0.3, 0.4) is 0 Å². The zero-order valence-corrected chi connectivity index (χ0v) is 10.7. The molecule has 1 aliphatic heterocycles. The van der Waals surface area contributed by atoms with Crippen molar-refractivity contribution in [3.05, 3.63) is 18.4 Å². The molecule has 0 aromatic carbocycles. The van der Waals surface area contributed by atoms with Gasteiger partial charge < -0.3 is 8.83 Å². The van der Waals surface area contributed by atoms with E-state index in [2.05, 4.69) is 15.5 Å². The van der Waals surface area contributed by atoms with Gasteiger partial charge in [0.2, 0.25) is 17.7 Å². The first kappa shape index (κ1) is 13.0. The van der Waals surface area contributed by atoms with Gasteiger partial charge in [0, 0.05) is 12.8 Å². The van der Waals surface area contributed by atoms with E-state index < -0.39 is 5.91 Å². The second-order valence-corrected chi connectivity index (χ2v) is 4.31. The number of carbonyl (C=O) groups is 3. The molecule has 1 N–H and O–H groups in total. The Morgan fingerprint density at radius 2 is 2.05 bits per heavy atom. The Morgan fingerprint density at radius 1 is 1.29 bits per heavy atom. The van der Waals surface area contributed by atoms with Gasteiger partial charge in [-0.25, -0.2) is 0 Å². The van der Waals surface area contributed by atoms with Crippen LogP contribution in [-0.4, -0.2) is 39.4 Å².